The van der Waals surface area contributed by atoms with Crippen LogP contribution >= 0.6 is 0 Å². The summed E-state index contributed by atoms with van der Waals surface area (Å²) in [5.41, 5.74) is 0. The van der Waals surface area contributed by atoms with Crippen molar-refractivity contribution in [3.8, 4) is 0 Å². The summed E-state index contributed by atoms with van der Waals surface area (Å²) in [7, 11) is 0. The van der Waals surface area contributed by atoms with Gasteiger partial charge in [-0.2, -0.15) is 0 Å². The zero-order chi connectivity index (χ0) is 54.3. The van der Waals surface area contributed by atoms with E-state index in [0.29, 0.717) is 19.4 Å². The van der Waals surface area contributed by atoms with Crippen molar-refractivity contribution >= 4 is 11.9 Å². The van der Waals surface area contributed by atoms with E-state index in [2.05, 4.69) is 55.6 Å². The van der Waals surface area contributed by atoms with Crippen molar-refractivity contribution in [2.75, 3.05) is 13.2 Å². The van der Waals surface area contributed by atoms with Gasteiger partial charge in [0.25, 0.3) is 0 Å². The van der Waals surface area contributed by atoms with Crippen LogP contribution in [0.25, 0.3) is 0 Å². The number of esters is 1. The topological polar surface area (TPSA) is 95.9 Å². The number of hydrogen-bond acceptors (Lipinski definition) is 5. The van der Waals surface area contributed by atoms with Crippen LogP contribution in [0, 0.1) is 0 Å². The summed E-state index contributed by atoms with van der Waals surface area (Å²) in [6.45, 7) is 4.91. The predicted molar refractivity (Wildman–Crippen MR) is 329 cm³/mol. The van der Waals surface area contributed by atoms with Crippen LogP contribution in [0.2, 0.25) is 0 Å². The fraction of sp³-hybridized carbons (Fsp3) is 0.855. The minimum atomic E-state index is -0.850. The maximum absolute atomic E-state index is 12.5. The highest BCUT2D eigenvalue weighted by Crippen LogP contribution is 2.17. The Morgan fingerprint density at radius 3 is 1.03 bits per heavy atom. The molecule has 0 saturated heterocycles. The molecule has 75 heavy (non-hydrogen) atoms. The molecule has 0 aromatic rings. The van der Waals surface area contributed by atoms with Gasteiger partial charge in [0, 0.05) is 12.8 Å². The summed E-state index contributed by atoms with van der Waals surface area (Å²) >= 11 is 0. The van der Waals surface area contributed by atoms with Crippen LogP contribution in [0.5, 0.6) is 0 Å². The van der Waals surface area contributed by atoms with E-state index in [-0.39, 0.29) is 18.5 Å². The molecule has 2 atom stereocenters. The van der Waals surface area contributed by atoms with Crippen LogP contribution in [-0.4, -0.2) is 47.4 Å². The molecule has 6 nitrogen and oxygen atoms in total. The normalized spacial score (nSPS) is 12.9. The van der Waals surface area contributed by atoms with Crippen molar-refractivity contribution in [2.45, 2.75) is 366 Å². The number of unbranched alkanes of at least 4 members (excludes halogenated alkanes) is 45. The van der Waals surface area contributed by atoms with Crippen molar-refractivity contribution < 1.29 is 24.5 Å². The second kappa shape index (κ2) is 64.3. The maximum Gasteiger partial charge on any atom is 0.305 e. The molecule has 0 aliphatic carbocycles. The van der Waals surface area contributed by atoms with Gasteiger partial charge in [-0.15, -0.1) is 0 Å². The molecule has 0 aromatic carbocycles. The second-order valence-corrected chi connectivity index (χ2v) is 22.8. The summed E-state index contributed by atoms with van der Waals surface area (Å²) in [5, 5.41) is 23.2. The van der Waals surface area contributed by atoms with E-state index >= 15 is 0 Å². The largest absolute Gasteiger partial charge is 0.466 e. The number of amides is 1. The van der Waals surface area contributed by atoms with Gasteiger partial charge in [0.1, 0.15) is 0 Å². The van der Waals surface area contributed by atoms with Gasteiger partial charge in [-0.05, 0) is 89.9 Å². The molecule has 0 radical (unpaired) electrons. The van der Waals surface area contributed by atoms with Crippen LogP contribution in [0.3, 0.4) is 0 Å². The lowest BCUT2D eigenvalue weighted by molar-refractivity contribution is -0.143. The Labute approximate surface area is 467 Å². The van der Waals surface area contributed by atoms with Crippen molar-refractivity contribution in [1.82, 2.24) is 5.32 Å². The Bertz CT molecular complexity index is 1260. The smallest absolute Gasteiger partial charge is 0.305 e. The van der Waals surface area contributed by atoms with E-state index in [0.717, 1.165) is 51.4 Å². The molecule has 0 saturated carbocycles. The number of carbonyl (C=O) groups excluding carboxylic acids is 2. The van der Waals surface area contributed by atoms with Crippen LogP contribution in [0.1, 0.15) is 354 Å². The number of aliphatic hydroxyl groups is 2. The third-order valence-corrected chi connectivity index (χ3v) is 15.3. The van der Waals surface area contributed by atoms with Gasteiger partial charge in [-0.25, -0.2) is 0 Å². The second-order valence-electron chi connectivity index (χ2n) is 22.8. The van der Waals surface area contributed by atoms with Crippen LogP contribution < -0.4 is 5.32 Å². The van der Waals surface area contributed by atoms with Gasteiger partial charge in [0.15, 0.2) is 0 Å². The molecule has 0 rings (SSSR count). The van der Waals surface area contributed by atoms with E-state index in [9.17, 15) is 19.8 Å². The number of rotatable bonds is 62. The molecular formula is C69H129NO5. The van der Waals surface area contributed by atoms with Crippen LogP contribution in [-0.2, 0) is 14.3 Å². The summed E-state index contributed by atoms with van der Waals surface area (Å²) in [6.07, 6.45) is 83.1. The zero-order valence-electron chi connectivity index (χ0n) is 50.3. The van der Waals surface area contributed by atoms with E-state index in [1.54, 1.807) is 6.08 Å². The number of hydrogen-bond donors (Lipinski definition) is 3. The number of aliphatic hydroxyl groups excluding tert-OH is 2. The van der Waals surface area contributed by atoms with Crippen LogP contribution in [0.15, 0.2) is 48.6 Å². The van der Waals surface area contributed by atoms with E-state index in [1.807, 2.05) is 6.08 Å². The van der Waals surface area contributed by atoms with E-state index in [4.69, 9.17) is 4.74 Å². The maximum atomic E-state index is 12.5. The molecule has 0 aromatic heterocycles. The summed E-state index contributed by atoms with van der Waals surface area (Å²) in [5.74, 6) is -0.0721. The molecule has 0 spiro atoms. The Kier molecular flexibility index (Phi) is 62.5. The average Bonchev–Trinajstić information content (AvgIpc) is 3.41. The quantitative estimate of drug-likeness (QED) is 0.0320. The first-order valence-electron chi connectivity index (χ1n) is 33.4. The number of ether oxygens (including phenoxy) is 1. The molecular weight excluding hydrogens is 923 g/mol. The van der Waals surface area contributed by atoms with E-state index < -0.39 is 12.1 Å². The van der Waals surface area contributed by atoms with Gasteiger partial charge in [0.05, 0.1) is 25.4 Å². The van der Waals surface area contributed by atoms with Crippen LogP contribution in [0.4, 0.5) is 0 Å². The minimum Gasteiger partial charge on any atom is -0.466 e. The lowest BCUT2D eigenvalue weighted by atomic mass is 10.0. The van der Waals surface area contributed by atoms with Crippen molar-refractivity contribution in [3.63, 3.8) is 0 Å². The Morgan fingerprint density at radius 1 is 0.373 bits per heavy atom. The molecule has 3 N–H and O–H groups in total. The fourth-order valence-electron chi connectivity index (χ4n) is 10.2. The third kappa shape index (κ3) is 60.9. The van der Waals surface area contributed by atoms with E-state index in [1.165, 1.54) is 276 Å². The first-order chi connectivity index (χ1) is 37.0. The highest BCUT2D eigenvalue weighted by atomic mass is 16.5. The molecule has 6 heteroatoms. The number of allylic oxidation sites excluding steroid dienone is 7. The molecule has 440 valence electrons. The molecule has 1 amide bonds. The fourth-order valence-corrected chi connectivity index (χ4v) is 10.2. The summed E-state index contributed by atoms with van der Waals surface area (Å²) in [4.78, 5) is 24.5. The lowest BCUT2D eigenvalue weighted by Gasteiger charge is -2.20. The first-order valence-corrected chi connectivity index (χ1v) is 33.4. The summed E-state index contributed by atoms with van der Waals surface area (Å²) in [6, 6.07) is -0.634. The Balaban J connectivity index is 3.47. The summed E-state index contributed by atoms with van der Waals surface area (Å²) < 4.78 is 5.48. The lowest BCUT2D eigenvalue weighted by Crippen LogP contribution is -2.45. The number of carbonyl (C=O) groups is 2. The highest BCUT2D eigenvalue weighted by Gasteiger charge is 2.18. The first kappa shape index (κ1) is 72.8. The monoisotopic (exact) mass is 1050 g/mol. The molecule has 0 fully saturated rings. The molecule has 0 heterocycles. The van der Waals surface area contributed by atoms with Gasteiger partial charge in [-0.3, -0.25) is 9.59 Å². The average molecular weight is 1050 g/mol. The molecule has 0 bridgehead atoms. The Hall–Kier alpha value is -2.18. The van der Waals surface area contributed by atoms with Gasteiger partial charge in [0.2, 0.25) is 5.91 Å². The van der Waals surface area contributed by atoms with Gasteiger partial charge in [-0.1, -0.05) is 300 Å². The standard InChI is InChI=1S/C69H129NO5/c1-3-5-7-9-11-13-15-17-19-20-28-31-34-37-41-45-49-53-57-61-67(72)66(65-71)70-68(73)62-58-54-50-46-42-38-35-32-29-26-24-22-21-23-25-27-30-33-36-40-44-48-52-56-60-64-75-69(74)63-59-55-51-47-43-39-18-16-14-12-10-8-6-4-2/h16,18,22-25,57,61,66-67,71-72H,3-15,17,19-21,26-56,58-60,62-65H2,1-2H3,(H,70,73)/b18-16-,24-22-,25-23-,61-57+. The SMILES string of the molecule is CCCCCCC/C=C\CCCCCCCC(=O)OCCCCCCCCCCC/C=C\C/C=C\CCCCCCCCCCCC(=O)NC(CO)C(O)/C=C/CCCCCCCCCCCCCCCCCCC. The van der Waals surface area contributed by atoms with Crippen molar-refractivity contribution in [1.29, 1.82) is 0 Å². The molecule has 0 aliphatic heterocycles. The highest BCUT2D eigenvalue weighted by molar-refractivity contribution is 5.76. The van der Waals surface area contributed by atoms with Gasteiger partial charge >= 0.3 is 5.97 Å². The minimum absolute atomic E-state index is 0.0000333. The Morgan fingerprint density at radius 2 is 0.667 bits per heavy atom. The molecule has 0 aliphatic rings. The van der Waals surface area contributed by atoms with Crippen molar-refractivity contribution in [3.05, 3.63) is 48.6 Å². The molecule has 2 unspecified atom stereocenters. The predicted octanol–water partition coefficient (Wildman–Crippen LogP) is 21.3. The van der Waals surface area contributed by atoms with Gasteiger partial charge < -0.3 is 20.3 Å². The number of nitrogens with one attached hydrogen (secondary N) is 1. The third-order valence-electron chi connectivity index (χ3n) is 15.3. The zero-order valence-corrected chi connectivity index (χ0v) is 50.3. The van der Waals surface area contributed by atoms with Crippen molar-refractivity contribution in [2.24, 2.45) is 0 Å².